The number of pyridine rings is 1. The van der Waals surface area contributed by atoms with E-state index in [0.717, 1.165) is 44.6 Å². The molecule has 0 aromatic carbocycles. The second-order valence-corrected chi connectivity index (χ2v) is 7.94. The predicted molar refractivity (Wildman–Crippen MR) is 120 cm³/mol. The number of anilines is 1. The number of nitrogens with zero attached hydrogens (tertiary/aromatic N) is 4. The quantitative estimate of drug-likeness (QED) is 0.376. The van der Waals surface area contributed by atoms with Gasteiger partial charge in [-0.3, -0.25) is 4.90 Å². The third-order valence-electron chi connectivity index (χ3n) is 5.03. The van der Waals surface area contributed by atoms with Crippen LogP contribution >= 0.6 is 11.8 Å². The van der Waals surface area contributed by atoms with E-state index in [1.807, 2.05) is 12.3 Å². The molecule has 1 aliphatic heterocycles. The van der Waals surface area contributed by atoms with E-state index >= 15 is 0 Å². The number of nitriles is 1. The van der Waals surface area contributed by atoms with Crippen molar-refractivity contribution in [3.8, 4) is 6.07 Å². The minimum absolute atomic E-state index is 0.358. The Morgan fingerprint density at radius 3 is 2.93 bits per heavy atom. The van der Waals surface area contributed by atoms with Gasteiger partial charge in [-0.15, -0.1) is 11.8 Å². The Morgan fingerprint density at radius 1 is 1.41 bits per heavy atom. The molecule has 0 spiro atoms. The molecule has 1 saturated heterocycles. The maximum Gasteiger partial charge on any atom is 0.169 e. The van der Waals surface area contributed by atoms with Crippen molar-refractivity contribution >= 4 is 29.6 Å². The highest BCUT2D eigenvalue weighted by Gasteiger charge is 2.16. The Balaban J connectivity index is 1.62. The van der Waals surface area contributed by atoms with Crippen LogP contribution in [0.1, 0.15) is 24.8 Å². The van der Waals surface area contributed by atoms with Gasteiger partial charge in [-0.05, 0) is 50.8 Å². The van der Waals surface area contributed by atoms with Gasteiger partial charge in [0, 0.05) is 24.5 Å². The molecule has 29 heavy (non-hydrogen) atoms. The number of allylic oxidation sites excluding steroid dienone is 4. The predicted octanol–water partition coefficient (Wildman–Crippen LogP) is 2.70. The molecule has 1 fully saturated rings. The van der Waals surface area contributed by atoms with Crippen LogP contribution in [0.2, 0.25) is 0 Å². The fraction of sp³-hybridized carbons (Fsp3) is 0.381. The second-order valence-electron chi connectivity index (χ2n) is 7.12. The van der Waals surface area contributed by atoms with Crippen molar-refractivity contribution in [1.82, 2.24) is 15.2 Å². The molecule has 0 radical (unpaired) electrons. The first-order chi connectivity index (χ1) is 14.1. The second kappa shape index (κ2) is 10.3. The van der Waals surface area contributed by atoms with Gasteiger partial charge in [0.05, 0.1) is 22.5 Å². The first-order valence-electron chi connectivity index (χ1n) is 9.66. The summed E-state index contributed by atoms with van der Waals surface area (Å²) in [7, 11) is 0. The molecule has 7 nitrogen and oxygen atoms in total. The van der Waals surface area contributed by atoms with Crippen LogP contribution in [0.15, 0.2) is 51.7 Å². The number of likely N-dealkylation sites (tertiary alicyclic amines) is 1. The number of nitrogen functional groups attached to an aromatic ring is 1. The highest BCUT2D eigenvalue weighted by Crippen LogP contribution is 2.33. The van der Waals surface area contributed by atoms with E-state index in [4.69, 9.17) is 16.7 Å². The average Bonchev–Trinajstić information content (AvgIpc) is 2.95. The summed E-state index contributed by atoms with van der Waals surface area (Å²) in [6.07, 6.45) is 16.5. The first kappa shape index (κ1) is 21.1. The Labute approximate surface area is 176 Å². The van der Waals surface area contributed by atoms with Gasteiger partial charge in [-0.25, -0.2) is 9.98 Å². The number of rotatable bonds is 6. The summed E-state index contributed by atoms with van der Waals surface area (Å²) in [6, 6.07) is 2.40. The van der Waals surface area contributed by atoms with Crippen molar-refractivity contribution in [2.75, 3.05) is 31.6 Å². The molecular weight excluding hydrogens is 382 g/mol. The van der Waals surface area contributed by atoms with E-state index in [1.165, 1.54) is 23.5 Å². The lowest BCUT2D eigenvalue weighted by atomic mass is 10.0. The maximum absolute atomic E-state index is 9.08. The van der Waals surface area contributed by atoms with Gasteiger partial charge in [0.15, 0.2) is 5.82 Å². The Hall–Kier alpha value is -2.60. The van der Waals surface area contributed by atoms with Gasteiger partial charge in [0.1, 0.15) is 6.07 Å². The molecule has 0 bridgehead atoms. The molecule has 2 heterocycles. The molecule has 3 rings (SSSR count). The third-order valence-corrected chi connectivity index (χ3v) is 5.84. The van der Waals surface area contributed by atoms with Crippen LogP contribution in [0.5, 0.6) is 0 Å². The summed E-state index contributed by atoms with van der Waals surface area (Å²) in [5.74, 6) is 0.499. The molecule has 0 saturated carbocycles. The lowest BCUT2D eigenvalue weighted by molar-refractivity contribution is 0.228. The number of aliphatic imine (C=N–C) groups is 1. The average molecular weight is 410 g/mol. The smallest absolute Gasteiger partial charge is 0.169 e. The summed E-state index contributed by atoms with van der Waals surface area (Å²) >= 11 is 1.43. The fourth-order valence-electron chi connectivity index (χ4n) is 3.33. The molecule has 2 aliphatic rings. The van der Waals surface area contributed by atoms with Gasteiger partial charge >= 0.3 is 0 Å². The van der Waals surface area contributed by atoms with Crippen LogP contribution in [0.4, 0.5) is 11.5 Å². The number of nitrogens with two attached hydrogens (primary N) is 2. The van der Waals surface area contributed by atoms with E-state index in [9.17, 15) is 0 Å². The van der Waals surface area contributed by atoms with E-state index in [0.29, 0.717) is 28.0 Å². The molecule has 0 amide bonds. The molecule has 5 N–H and O–H groups in total. The van der Waals surface area contributed by atoms with Crippen LogP contribution in [-0.2, 0) is 0 Å². The topological polar surface area (TPSA) is 116 Å². The zero-order valence-electron chi connectivity index (χ0n) is 16.6. The van der Waals surface area contributed by atoms with Crippen molar-refractivity contribution in [2.24, 2.45) is 10.7 Å². The number of aromatic nitrogens is 1. The van der Waals surface area contributed by atoms with Crippen molar-refractivity contribution in [3.05, 3.63) is 47.3 Å². The van der Waals surface area contributed by atoms with Crippen molar-refractivity contribution in [1.29, 1.82) is 5.26 Å². The Morgan fingerprint density at radius 2 is 2.21 bits per heavy atom. The lowest BCUT2D eigenvalue weighted by Crippen LogP contribution is -2.40. The van der Waals surface area contributed by atoms with E-state index in [-0.39, 0.29) is 0 Å². The SMILES string of the molecule is CSc1c(N=CNC2=CC=C(CN3CCC(N)CC3)CC=C2)ncc(C#N)c1N. The Bertz CT molecular complexity index is 887. The fourth-order valence-corrected chi connectivity index (χ4v) is 3.94. The molecule has 1 aromatic heterocycles. The zero-order chi connectivity index (χ0) is 20.6. The molecule has 0 unspecified atom stereocenters. The minimum Gasteiger partial charge on any atom is -0.397 e. The van der Waals surface area contributed by atoms with Gasteiger partial charge in [-0.1, -0.05) is 17.7 Å². The number of thioether (sulfide) groups is 1. The van der Waals surface area contributed by atoms with Crippen LogP contribution in [0.25, 0.3) is 0 Å². The van der Waals surface area contributed by atoms with E-state index in [2.05, 4.69) is 44.5 Å². The molecule has 1 aliphatic carbocycles. The summed E-state index contributed by atoms with van der Waals surface area (Å²) in [4.78, 5) is 11.8. The normalized spacial score (nSPS) is 18.2. The standard InChI is InChI=1S/C21H27N7S/c1-29-20-19(24)16(11-22)12-25-21(20)27-14-26-18-4-2-3-15(5-6-18)13-28-9-7-17(23)8-10-28/h2,4-6,12,14,17H,3,7-10,13,23H2,1H3,(H3,24,25,26,27). The van der Waals surface area contributed by atoms with Gasteiger partial charge in [0.2, 0.25) is 0 Å². The highest BCUT2D eigenvalue weighted by molar-refractivity contribution is 7.99. The monoisotopic (exact) mass is 409 g/mol. The van der Waals surface area contributed by atoms with Crippen LogP contribution in [0, 0.1) is 11.3 Å². The molecule has 1 aromatic rings. The highest BCUT2D eigenvalue weighted by atomic mass is 32.2. The Kier molecular flexibility index (Phi) is 7.47. The number of hydrogen-bond acceptors (Lipinski definition) is 7. The van der Waals surface area contributed by atoms with E-state index < -0.39 is 0 Å². The van der Waals surface area contributed by atoms with Crippen molar-refractivity contribution in [3.63, 3.8) is 0 Å². The maximum atomic E-state index is 9.08. The molecule has 8 heteroatoms. The summed E-state index contributed by atoms with van der Waals surface area (Å²) in [6.45, 7) is 3.13. The molecule has 152 valence electrons. The summed E-state index contributed by atoms with van der Waals surface area (Å²) in [5.41, 5.74) is 15.1. The number of hydrogen-bond donors (Lipinski definition) is 3. The van der Waals surface area contributed by atoms with E-state index in [1.54, 1.807) is 6.34 Å². The van der Waals surface area contributed by atoms with Crippen molar-refractivity contribution in [2.45, 2.75) is 30.2 Å². The van der Waals surface area contributed by atoms with Crippen LogP contribution < -0.4 is 16.8 Å². The lowest BCUT2D eigenvalue weighted by Gasteiger charge is -2.30. The van der Waals surface area contributed by atoms with Gasteiger partial charge in [0.25, 0.3) is 0 Å². The minimum atomic E-state index is 0.358. The van der Waals surface area contributed by atoms with Crippen molar-refractivity contribution < 1.29 is 0 Å². The summed E-state index contributed by atoms with van der Waals surface area (Å²) < 4.78 is 0. The van der Waals surface area contributed by atoms with Crippen LogP contribution in [0.3, 0.4) is 0 Å². The first-order valence-corrected chi connectivity index (χ1v) is 10.9. The van der Waals surface area contributed by atoms with Gasteiger partial charge in [-0.2, -0.15) is 5.26 Å². The van der Waals surface area contributed by atoms with Crippen LogP contribution in [-0.4, -0.2) is 48.2 Å². The van der Waals surface area contributed by atoms with Gasteiger partial charge < -0.3 is 16.8 Å². The summed E-state index contributed by atoms with van der Waals surface area (Å²) in [5, 5.41) is 12.3. The largest absolute Gasteiger partial charge is 0.397 e. The zero-order valence-corrected chi connectivity index (χ0v) is 17.5. The molecule has 0 atom stereocenters. The third kappa shape index (κ3) is 5.70. The number of nitrogens with one attached hydrogen (secondary N) is 1. The molecular formula is C21H27N7S. The number of piperidine rings is 1.